The molecule has 188 valence electrons. The number of ether oxygens (including phenoxy) is 1. The number of rotatable bonds is 2. The fourth-order valence-corrected chi connectivity index (χ4v) is 10.2. The summed E-state index contributed by atoms with van der Waals surface area (Å²) in [5, 5.41) is 11.3. The van der Waals surface area contributed by atoms with Crippen LogP contribution in [0.3, 0.4) is 0 Å². The van der Waals surface area contributed by atoms with Crippen LogP contribution in [0.1, 0.15) is 98.6 Å². The summed E-state index contributed by atoms with van der Waals surface area (Å²) in [6, 6.07) is 0. The normalized spacial score (nSPS) is 37.8. The molecule has 0 saturated heterocycles. The van der Waals surface area contributed by atoms with Gasteiger partial charge in [0.2, 0.25) is 0 Å². The van der Waals surface area contributed by atoms with Gasteiger partial charge in [-0.1, -0.05) is 32.4 Å². The second-order valence-corrected chi connectivity index (χ2v) is 13.1. The van der Waals surface area contributed by atoms with Crippen molar-refractivity contribution in [2.45, 2.75) is 90.6 Å². The van der Waals surface area contributed by atoms with Crippen molar-refractivity contribution in [3.8, 4) is 0 Å². The Kier molecular flexibility index (Phi) is 5.22. The van der Waals surface area contributed by atoms with E-state index in [0.29, 0.717) is 40.8 Å². The molecule has 0 spiro atoms. The van der Waals surface area contributed by atoms with E-state index < -0.39 is 0 Å². The fraction of sp³-hybridized carbons (Fsp3) is 0.655. The zero-order chi connectivity index (χ0) is 24.9. The van der Waals surface area contributed by atoms with Crippen LogP contribution in [0.15, 0.2) is 11.6 Å². The number of anilines is 1. The van der Waals surface area contributed by atoms with E-state index in [2.05, 4.69) is 33.8 Å². The Morgan fingerprint density at radius 3 is 2.77 bits per heavy atom. The van der Waals surface area contributed by atoms with E-state index in [4.69, 9.17) is 15.5 Å². The third-order valence-electron chi connectivity index (χ3n) is 10.5. The number of allylic oxidation sites excluding steroid dienone is 1. The standard InChI is InChI=1S/C29H38N2O3S/c1-6-34-27(33)25-24(30)21-20-14(2)22-18-8-7-16-13-17(32)9-11-28(16,4)19(18)10-12-29(22,5)23(20)15(3)31-26(21)35-25/h7,14,17-19,22,32H,6,8-13,30H2,1-5H3/t14-,17+,18+,19-,22+,28+,29+/m1/s1. The van der Waals surface area contributed by atoms with Gasteiger partial charge < -0.3 is 15.6 Å². The average molecular weight is 495 g/mol. The lowest BCUT2D eigenvalue weighted by atomic mass is 9.47. The highest BCUT2D eigenvalue weighted by Crippen LogP contribution is 2.68. The Morgan fingerprint density at radius 1 is 1.29 bits per heavy atom. The van der Waals surface area contributed by atoms with E-state index in [1.54, 1.807) is 0 Å². The van der Waals surface area contributed by atoms with Gasteiger partial charge in [0, 0.05) is 11.1 Å². The van der Waals surface area contributed by atoms with Crippen molar-refractivity contribution in [2.75, 3.05) is 12.3 Å². The van der Waals surface area contributed by atoms with Crippen LogP contribution in [0.4, 0.5) is 5.69 Å². The topological polar surface area (TPSA) is 85.4 Å². The first-order valence-corrected chi connectivity index (χ1v) is 14.2. The summed E-state index contributed by atoms with van der Waals surface area (Å²) >= 11 is 1.38. The van der Waals surface area contributed by atoms with Gasteiger partial charge >= 0.3 is 5.97 Å². The second kappa shape index (κ2) is 7.79. The first-order valence-electron chi connectivity index (χ1n) is 13.4. The maximum atomic E-state index is 12.7. The number of nitrogens with zero attached hydrogens (tertiary/aromatic N) is 1. The number of aliphatic hydroxyl groups is 1. The summed E-state index contributed by atoms with van der Waals surface area (Å²) in [6.45, 7) is 11.6. The molecular weight excluding hydrogens is 456 g/mol. The maximum absolute atomic E-state index is 12.7. The van der Waals surface area contributed by atoms with Gasteiger partial charge in [0.15, 0.2) is 0 Å². The summed E-state index contributed by atoms with van der Waals surface area (Å²) in [7, 11) is 0. The largest absolute Gasteiger partial charge is 0.462 e. The molecule has 3 N–H and O–H groups in total. The van der Waals surface area contributed by atoms with Crippen LogP contribution in [-0.4, -0.2) is 28.8 Å². The minimum atomic E-state index is -0.342. The number of thiophene rings is 1. The minimum absolute atomic E-state index is 0.0650. The zero-order valence-corrected chi connectivity index (χ0v) is 22.4. The Hall–Kier alpha value is -1.92. The van der Waals surface area contributed by atoms with Crippen LogP contribution in [0.2, 0.25) is 0 Å². The van der Waals surface area contributed by atoms with Crippen LogP contribution in [0.5, 0.6) is 0 Å². The maximum Gasteiger partial charge on any atom is 0.350 e. The minimum Gasteiger partial charge on any atom is -0.462 e. The third-order valence-corrected chi connectivity index (χ3v) is 11.5. The van der Waals surface area contributed by atoms with Gasteiger partial charge in [0.25, 0.3) is 0 Å². The SMILES string of the molecule is CCOC(=O)c1sc2nc(C)c3c(c2c1N)[C@@H](C)[C@H]1[C@H]2CC=C4C[C@@H](O)CC[C@]4(C)[C@@H]2CC[C@]31C. The number of nitrogen functional groups attached to an aromatic ring is 1. The quantitative estimate of drug-likeness (QED) is 0.380. The summed E-state index contributed by atoms with van der Waals surface area (Å²) in [5.41, 5.74) is 12.8. The van der Waals surface area contributed by atoms with Crippen molar-refractivity contribution in [1.82, 2.24) is 4.98 Å². The Morgan fingerprint density at radius 2 is 2.03 bits per heavy atom. The number of aromatic nitrogens is 1. The van der Waals surface area contributed by atoms with E-state index in [9.17, 15) is 9.90 Å². The molecular formula is C29H38N2O3S. The van der Waals surface area contributed by atoms with Crippen molar-refractivity contribution in [3.63, 3.8) is 0 Å². The molecule has 7 atom stereocenters. The van der Waals surface area contributed by atoms with Gasteiger partial charge in [0.05, 0.1) is 18.4 Å². The highest BCUT2D eigenvalue weighted by molar-refractivity contribution is 7.21. The summed E-state index contributed by atoms with van der Waals surface area (Å²) < 4.78 is 5.31. The molecule has 2 saturated carbocycles. The van der Waals surface area contributed by atoms with E-state index in [1.165, 1.54) is 34.5 Å². The van der Waals surface area contributed by atoms with Crippen LogP contribution in [0.25, 0.3) is 10.2 Å². The van der Waals surface area contributed by atoms with Crippen LogP contribution >= 0.6 is 11.3 Å². The molecule has 6 rings (SSSR count). The van der Waals surface area contributed by atoms with E-state index >= 15 is 0 Å². The highest BCUT2D eigenvalue weighted by atomic mass is 32.1. The molecule has 2 aromatic heterocycles. The van der Waals surface area contributed by atoms with Crippen LogP contribution in [-0.2, 0) is 10.2 Å². The number of aryl methyl sites for hydroxylation is 1. The lowest BCUT2D eigenvalue weighted by Gasteiger charge is -2.58. The molecule has 6 heteroatoms. The molecule has 0 amide bonds. The number of carbonyl (C=O) groups excluding carboxylic acids is 1. The van der Waals surface area contributed by atoms with E-state index in [-0.39, 0.29) is 22.9 Å². The predicted molar refractivity (Wildman–Crippen MR) is 141 cm³/mol. The van der Waals surface area contributed by atoms with Gasteiger partial charge in [-0.15, -0.1) is 11.3 Å². The number of esters is 1. The molecule has 2 aromatic rings. The molecule has 4 aliphatic carbocycles. The summed E-state index contributed by atoms with van der Waals surface area (Å²) in [6.07, 6.45) is 8.66. The number of fused-ring (bicyclic) bond motifs is 9. The smallest absolute Gasteiger partial charge is 0.350 e. The first kappa shape index (κ1) is 23.5. The van der Waals surface area contributed by atoms with Crippen molar-refractivity contribution >= 4 is 33.2 Å². The molecule has 35 heavy (non-hydrogen) atoms. The number of nitrogens with two attached hydrogens (primary N) is 1. The molecule has 0 unspecified atom stereocenters. The molecule has 0 aromatic carbocycles. The molecule has 5 nitrogen and oxygen atoms in total. The van der Waals surface area contributed by atoms with Crippen molar-refractivity contribution < 1.29 is 14.6 Å². The molecule has 0 bridgehead atoms. The van der Waals surface area contributed by atoms with Crippen molar-refractivity contribution in [1.29, 1.82) is 0 Å². The van der Waals surface area contributed by atoms with Gasteiger partial charge in [-0.25, -0.2) is 9.78 Å². The number of aliphatic hydroxyl groups excluding tert-OH is 1. The van der Waals surface area contributed by atoms with E-state index in [1.807, 2.05) is 6.92 Å². The molecule has 2 fully saturated rings. The van der Waals surface area contributed by atoms with Gasteiger partial charge in [-0.2, -0.15) is 0 Å². The molecule has 2 heterocycles. The number of pyridine rings is 1. The van der Waals surface area contributed by atoms with Crippen molar-refractivity contribution in [2.24, 2.45) is 23.2 Å². The monoisotopic (exact) mass is 494 g/mol. The van der Waals surface area contributed by atoms with E-state index in [0.717, 1.165) is 48.0 Å². The number of carbonyl (C=O) groups is 1. The van der Waals surface area contributed by atoms with Gasteiger partial charge in [0.1, 0.15) is 9.71 Å². The summed E-state index contributed by atoms with van der Waals surface area (Å²) in [4.78, 5) is 19.0. The first-order chi connectivity index (χ1) is 16.6. The van der Waals surface area contributed by atoms with Crippen LogP contribution in [0, 0.1) is 30.1 Å². The lowest BCUT2D eigenvalue weighted by molar-refractivity contribution is -0.0227. The highest BCUT2D eigenvalue weighted by Gasteiger charge is 2.60. The average Bonchev–Trinajstić information content (AvgIpc) is 3.26. The van der Waals surface area contributed by atoms with Gasteiger partial charge in [-0.3, -0.25) is 0 Å². The lowest BCUT2D eigenvalue weighted by Crippen LogP contribution is -2.51. The molecule has 4 aliphatic rings. The number of hydrogen-bond acceptors (Lipinski definition) is 6. The number of hydrogen-bond donors (Lipinski definition) is 2. The fourth-order valence-electron chi connectivity index (χ4n) is 9.11. The molecule has 0 radical (unpaired) electrons. The molecule has 0 aliphatic heterocycles. The second-order valence-electron chi connectivity index (χ2n) is 12.1. The van der Waals surface area contributed by atoms with Crippen molar-refractivity contribution in [3.05, 3.63) is 33.3 Å². The predicted octanol–water partition coefficient (Wildman–Crippen LogP) is 6.26. The third kappa shape index (κ3) is 3.02. The van der Waals surface area contributed by atoms with Crippen LogP contribution < -0.4 is 5.73 Å². The Balaban J connectivity index is 1.49. The Bertz CT molecular complexity index is 1260. The van der Waals surface area contributed by atoms with Gasteiger partial charge in [-0.05, 0) is 98.0 Å². The summed E-state index contributed by atoms with van der Waals surface area (Å²) in [5.74, 6) is 1.80. The Labute approximate surface area is 212 Å². The zero-order valence-electron chi connectivity index (χ0n) is 21.6.